The summed E-state index contributed by atoms with van der Waals surface area (Å²) in [5.74, 6) is -0.409. The molecule has 4 heteroatoms. The first-order chi connectivity index (χ1) is 7.04. The van der Waals surface area contributed by atoms with Crippen molar-refractivity contribution in [2.24, 2.45) is 0 Å². The number of phenols is 2. The van der Waals surface area contributed by atoms with E-state index in [0.29, 0.717) is 16.0 Å². The van der Waals surface area contributed by atoms with E-state index in [4.69, 9.17) is 22.6 Å². The fourth-order valence-electron chi connectivity index (χ4n) is 1.01. The summed E-state index contributed by atoms with van der Waals surface area (Å²) in [4.78, 5) is 0.491. The normalized spacial score (nSPS) is 10.8. The number of rotatable bonds is 2. The fraction of sp³-hybridized carbons (Fsp3) is 0.0909. The molecule has 0 atom stereocenters. The van der Waals surface area contributed by atoms with Crippen molar-refractivity contribution in [3.8, 4) is 17.6 Å². The SMILES string of the molecule is CC(=S)/C(C#N)=C/c1ccc(O)c(O)c1. The fourth-order valence-corrected chi connectivity index (χ4v) is 1.11. The van der Waals surface area contributed by atoms with Crippen LogP contribution in [-0.2, 0) is 0 Å². The molecular formula is C11H9NO2S. The highest BCUT2D eigenvalue weighted by molar-refractivity contribution is 7.80. The van der Waals surface area contributed by atoms with Crippen LogP contribution in [0.2, 0.25) is 0 Å². The Bertz CT molecular complexity index is 472. The summed E-state index contributed by atoms with van der Waals surface area (Å²) >= 11 is 4.87. The van der Waals surface area contributed by atoms with Gasteiger partial charge in [-0.1, -0.05) is 18.3 Å². The average molecular weight is 219 g/mol. The van der Waals surface area contributed by atoms with Gasteiger partial charge in [0.05, 0.1) is 5.57 Å². The van der Waals surface area contributed by atoms with Crippen LogP contribution in [0.3, 0.4) is 0 Å². The number of nitrogens with zero attached hydrogens (tertiary/aromatic N) is 1. The molecule has 0 saturated carbocycles. The Kier molecular flexibility index (Phi) is 3.42. The highest BCUT2D eigenvalue weighted by Gasteiger charge is 2.01. The van der Waals surface area contributed by atoms with Crippen molar-refractivity contribution in [1.29, 1.82) is 5.26 Å². The first-order valence-electron chi connectivity index (χ1n) is 4.19. The predicted molar refractivity (Wildman–Crippen MR) is 61.6 cm³/mol. The molecule has 0 aliphatic heterocycles. The molecule has 0 aliphatic carbocycles. The zero-order valence-corrected chi connectivity index (χ0v) is 8.88. The number of phenolic OH excluding ortho intramolecular Hbond substituents is 2. The summed E-state index contributed by atoms with van der Waals surface area (Å²) in [6.07, 6.45) is 1.56. The lowest BCUT2D eigenvalue weighted by Gasteiger charge is -1.99. The van der Waals surface area contributed by atoms with Gasteiger partial charge in [-0.3, -0.25) is 0 Å². The van der Waals surface area contributed by atoms with E-state index in [1.54, 1.807) is 19.1 Å². The van der Waals surface area contributed by atoms with Crippen LogP contribution in [-0.4, -0.2) is 15.1 Å². The molecule has 0 aliphatic rings. The second kappa shape index (κ2) is 4.58. The summed E-state index contributed by atoms with van der Waals surface area (Å²) in [6.45, 7) is 1.66. The van der Waals surface area contributed by atoms with E-state index >= 15 is 0 Å². The summed E-state index contributed by atoms with van der Waals surface area (Å²) < 4.78 is 0. The molecule has 0 fully saturated rings. The van der Waals surface area contributed by atoms with Gasteiger partial charge in [0.1, 0.15) is 6.07 Å². The van der Waals surface area contributed by atoms with Crippen LogP contribution in [0, 0.1) is 11.3 Å². The zero-order chi connectivity index (χ0) is 11.4. The lowest BCUT2D eigenvalue weighted by atomic mass is 10.1. The van der Waals surface area contributed by atoms with Gasteiger partial charge in [-0.25, -0.2) is 0 Å². The molecule has 0 aromatic heterocycles. The molecule has 0 radical (unpaired) electrons. The number of hydrogen-bond donors (Lipinski definition) is 2. The van der Waals surface area contributed by atoms with Crippen LogP contribution >= 0.6 is 12.2 Å². The van der Waals surface area contributed by atoms with Gasteiger partial charge in [0, 0.05) is 4.86 Å². The van der Waals surface area contributed by atoms with E-state index < -0.39 is 0 Å². The molecule has 2 N–H and O–H groups in total. The third kappa shape index (κ3) is 2.79. The van der Waals surface area contributed by atoms with Crippen LogP contribution in [0.5, 0.6) is 11.5 Å². The minimum Gasteiger partial charge on any atom is -0.504 e. The van der Waals surface area contributed by atoms with Gasteiger partial charge in [0.15, 0.2) is 11.5 Å². The molecule has 1 rings (SSSR count). The van der Waals surface area contributed by atoms with Gasteiger partial charge in [-0.05, 0) is 30.7 Å². The molecular weight excluding hydrogens is 210 g/mol. The first kappa shape index (κ1) is 11.2. The molecule has 0 amide bonds. The number of nitriles is 1. The van der Waals surface area contributed by atoms with Crippen molar-refractivity contribution in [2.45, 2.75) is 6.92 Å². The van der Waals surface area contributed by atoms with Crippen molar-refractivity contribution in [2.75, 3.05) is 0 Å². The zero-order valence-electron chi connectivity index (χ0n) is 8.06. The number of benzene rings is 1. The van der Waals surface area contributed by atoms with Crippen LogP contribution in [0.15, 0.2) is 23.8 Å². The van der Waals surface area contributed by atoms with Crippen molar-refractivity contribution in [3.05, 3.63) is 29.3 Å². The molecule has 0 spiro atoms. The number of thiocarbonyl (C=S) groups is 1. The smallest absolute Gasteiger partial charge is 0.157 e. The Balaban J connectivity index is 3.14. The third-order valence-corrected chi connectivity index (χ3v) is 2.03. The molecule has 15 heavy (non-hydrogen) atoms. The third-order valence-electron chi connectivity index (χ3n) is 1.81. The van der Waals surface area contributed by atoms with E-state index in [1.165, 1.54) is 12.1 Å². The van der Waals surface area contributed by atoms with Gasteiger partial charge < -0.3 is 10.2 Å². The molecule has 76 valence electrons. The van der Waals surface area contributed by atoms with Crippen molar-refractivity contribution >= 4 is 23.2 Å². The summed E-state index contributed by atoms with van der Waals surface area (Å²) in [5, 5.41) is 27.1. The minimum atomic E-state index is -0.219. The quantitative estimate of drug-likeness (QED) is 0.347. The van der Waals surface area contributed by atoms with Gasteiger partial charge in [-0.2, -0.15) is 5.26 Å². The summed E-state index contributed by atoms with van der Waals surface area (Å²) in [6, 6.07) is 6.27. The standard InChI is InChI=1S/C11H9NO2S/c1-7(15)9(6-12)4-8-2-3-10(13)11(14)5-8/h2-5,13-14H,1H3/b9-4+. The lowest BCUT2D eigenvalue weighted by Crippen LogP contribution is -1.89. The lowest BCUT2D eigenvalue weighted by molar-refractivity contribution is 0.403. The van der Waals surface area contributed by atoms with Gasteiger partial charge in [-0.15, -0.1) is 0 Å². The first-order valence-corrected chi connectivity index (χ1v) is 4.60. The maximum atomic E-state index is 9.23. The number of aromatic hydroxyl groups is 2. The molecule has 0 bridgehead atoms. The second-order valence-electron chi connectivity index (χ2n) is 2.97. The van der Waals surface area contributed by atoms with Gasteiger partial charge in [0.25, 0.3) is 0 Å². The molecule has 1 aromatic carbocycles. The van der Waals surface area contributed by atoms with E-state index in [1.807, 2.05) is 6.07 Å². The number of hydrogen-bond acceptors (Lipinski definition) is 4. The average Bonchev–Trinajstić information content (AvgIpc) is 2.19. The Morgan fingerprint density at radius 1 is 1.40 bits per heavy atom. The topological polar surface area (TPSA) is 64.2 Å². The van der Waals surface area contributed by atoms with Crippen LogP contribution < -0.4 is 0 Å². The van der Waals surface area contributed by atoms with Crippen LogP contribution in [0.4, 0.5) is 0 Å². The maximum Gasteiger partial charge on any atom is 0.157 e. The second-order valence-corrected chi connectivity index (χ2v) is 3.59. The largest absolute Gasteiger partial charge is 0.504 e. The van der Waals surface area contributed by atoms with Gasteiger partial charge in [0.2, 0.25) is 0 Å². The van der Waals surface area contributed by atoms with Crippen LogP contribution in [0.1, 0.15) is 12.5 Å². The molecule has 0 saturated heterocycles. The van der Waals surface area contributed by atoms with Crippen molar-refractivity contribution < 1.29 is 10.2 Å². The molecule has 0 heterocycles. The van der Waals surface area contributed by atoms with E-state index in [2.05, 4.69) is 0 Å². The Hall–Kier alpha value is -1.86. The molecule has 3 nitrogen and oxygen atoms in total. The Morgan fingerprint density at radius 3 is 2.53 bits per heavy atom. The summed E-state index contributed by atoms with van der Waals surface area (Å²) in [7, 11) is 0. The van der Waals surface area contributed by atoms with E-state index in [-0.39, 0.29) is 11.5 Å². The van der Waals surface area contributed by atoms with E-state index in [9.17, 15) is 5.11 Å². The van der Waals surface area contributed by atoms with E-state index in [0.717, 1.165) is 0 Å². The molecule has 0 unspecified atom stereocenters. The monoisotopic (exact) mass is 219 g/mol. The number of allylic oxidation sites excluding steroid dienone is 1. The predicted octanol–water partition coefficient (Wildman–Crippen LogP) is 2.39. The molecule has 1 aromatic rings. The Labute approximate surface area is 92.9 Å². The van der Waals surface area contributed by atoms with Crippen LogP contribution in [0.25, 0.3) is 6.08 Å². The highest BCUT2D eigenvalue weighted by Crippen LogP contribution is 2.25. The van der Waals surface area contributed by atoms with Crippen molar-refractivity contribution in [3.63, 3.8) is 0 Å². The highest BCUT2D eigenvalue weighted by atomic mass is 32.1. The maximum absolute atomic E-state index is 9.23. The summed E-state index contributed by atoms with van der Waals surface area (Å²) in [5.41, 5.74) is 0.987. The van der Waals surface area contributed by atoms with Gasteiger partial charge >= 0.3 is 0 Å². The van der Waals surface area contributed by atoms with Crippen molar-refractivity contribution in [1.82, 2.24) is 0 Å². The Morgan fingerprint density at radius 2 is 2.07 bits per heavy atom. The minimum absolute atomic E-state index is 0.190.